The first-order valence-electron chi connectivity index (χ1n) is 9.60. The molecule has 3 aromatic carbocycles. The fraction of sp³-hybridized carbons (Fsp3) is 0.167. The molecule has 0 unspecified atom stereocenters. The number of halogens is 1. The third-order valence-electron chi connectivity index (χ3n) is 4.89. The van der Waals surface area contributed by atoms with Crippen LogP contribution in [0, 0.1) is 0 Å². The lowest BCUT2D eigenvalue weighted by atomic mass is 10.0. The van der Waals surface area contributed by atoms with Gasteiger partial charge in [0.25, 0.3) is 5.91 Å². The van der Waals surface area contributed by atoms with Crippen LogP contribution in [0.2, 0.25) is 5.02 Å². The molecule has 0 atom stereocenters. The van der Waals surface area contributed by atoms with Gasteiger partial charge in [-0.1, -0.05) is 31.5 Å². The monoisotopic (exact) mass is 420 g/mol. The highest BCUT2D eigenvalue weighted by molar-refractivity contribution is 6.33. The fourth-order valence-electron chi connectivity index (χ4n) is 3.13. The van der Waals surface area contributed by atoms with Gasteiger partial charge in [-0.3, -0.25) is 4.79 Å². The van der Waals surface area contributed by atoms with E-state index in [-0.39, 0.29) is 5.91 Å². The molecule has 0 aliphatic carbocycles. The molecule has 0 fully saturated rings. The van der Waals surface area contributed by atoms with Gasteiger partial charge in [0, 0.05) is 11.3 Å². The molecule has 1 amide bonds. The third kappa shape index (κ3) is 4.02. The van der Waals surface area contributed by atoms with Crippen molar-refractivity contribution in [3.8, 4) is 17.2 Å². The molecular formula is C24H21ClN2O3. The Hall–Kier alpha value is -3.31. The van der Waals surface area contributed by atoms with Crippen LogP contribution in [0.1, 0.15) is 35.7 Å². The Balaban J connectivity index is 1.63. The lowest BCUT2D eigenvalue weighted by Crippen LogP contribution is -2.11. The average molecular weight is 421 g/mol. The normalized spacial score (nSPS) is 11.1. The van der Waals surface area contributed by atoms with E-state index in [2.05, 4.69) is 24.1 Å². The average Bonchev–Trinajstić information content (AvgIpc) is 3.18. The summed E-state index contributed by atoms with van der Waals surface area (Å²) in [6, 6.07) is 18.1. The molecule has 0 aliphatic rings. The van der Waals surface area contributed by atoms with E-state index in [4.69, 9.17) is 20.8 Å². The fourth-order valence-corrected chi connectivity index (χ4v) is 3.33. The van der Waals surface area contributed by atoms with Gasteiger partial charge < -0.3 is 14.5 Å². The Morgan fingerprint density at radius 2 is 1.83 bits per heavy atom. The lowest BCUT2D eigenvalue weighted by Gasteiger charge is -2.08. The number of amides is 1. The summed E-state index contributed by atoms with van der Waals surface area (Å²) >= 11 is 6.40. The molecule has 0 aliphatic heterocycles. The predicted molar refractivity (Wildman–Crippen MR) is 119 cm³/mol. The molecule has 1 N–H and O–H groups in total. The van der Waals surface area contributed by atoms with E-state index < -0.39 is 0 Å². The smallest absolute Gasteiger partial charge is 0.255 e. The first-order valence-corrected chi connectivity index (χ1v) is 9.98. The van der Waals surface area contributed by atoms with Crippen LogP contribution in [-0.4, -0.2) is 18.0 Å². The number of fused-ring (bicyclic) bond motifs is 1. The molecule has 0 bridgehead atoms. The highest BCUT2D eigenvalue weighted by Crippen LogP contribution is 2.33. The number of hydrogen-bond acceptors (Lipinski definition) is 4. The third-order valence-corrected chi connectivity index (χ3v) is 5.21. The maximum atomic E-state index is 12.6. The van der Waals surface area contributed by atoms with Gasteiger partial charge in [-0.2, -0.15) is 0 Å². The van der Waals surface area contributed by atoms with E-state index in [1.807, 2.05) is 18.2 Å². The molecule has 0 saturated carbocycles. The van der Waals surface area contributed by atoms with E-state index in [1.54, 1.807) is 49.6 Å². The summed E-state index contributed by atoms with van der Waals surface area (Å²) < 4.78 is 11.0. The van der Waals surface area contributed by atoms with Crippen LogP contribution in [0.4, 0.5) is 5.69 Å². The van der Waals surface area contributed by atoms with Crippen molar-refractivity contribution in [2.24, 2.45) is 0 Å². The zero-order chi connectivity index (χ0) is 21.3. The van der Waals surface area contributed by atoms with Crippen LogP contribution < -0.4 is 10.1 Å². The topological polar surface area (TPSA) is 64.4 Å². The maximum absolute atomic E-state index is 12.6. The van der Waals surface area contributed by atoms with E-state index in [0.717, 1.165) is 5.52 Å². The van der Waals surface area contributed by atoms with E-state index >= 15 is 0 Å². The Bertz CT molecular complexity index is 1210. The molecular weight excluding hydrogens is 400 g/mol. The number of ether oxygens (including phenoxy) is 1. The SMILES string of the molecule is COc1ccc(C(=O)Nc2ccc(Cl)c(-c3nc4cc(C(C)C)ccc4o3)c2)cc1. The van der Waals surface area contributed by atoms with Crippen LogP contribution in [0.25, 0.3) is 22.6 Å². The molecule has 4 rings (SSSR count). The second kappa shape index (κ2) is 8.20. The number of rotatable bonds is 5. The summed E-state index contributed by atoms with van der Waals surface area (Å²) in [5, 5.41) is 3.38. The quantitative estimate of drug-likeness (QED) is 0.398. The van der Waals surface area contributed by atoms with Crippen molar-refractivity contribution in [2.45, 2.75) is 19.8 Å². The largest absolute Gasteiger partial charge is 0.497 e. The number of methoxy groups -OCH3 is 1. The first kappa shape index (κ1) is 20.0. The number of benzene rings is 3. The minimum atomic E-state index is -0.231. The Labute approximate surface area is 179 Å². The van der Waals surface area contributed by atoms with E-state index in [9.17, 15) is 4.79 Å². The molecule has 1 aromatic heterocycles. The number of hydrogen-bond donors (Lipinski definition) is 1. The van der Waals surface area contributed by atoms with Gasteiger partial charge in [-0.05, 0) is 66.1 Å². The maximum Gasteiger partial charge on any atom is 0.255 e. The number of nitrogens with zero attached hydrogens (tertiary/aromatic N) is 1. The molecule has 152 valence electrons. The lowest BCUT2D eigenvalue weighted by molar-refractivity contribution is 0.102. The number of aromatic nitrogens is 1. The van der Waals surface area contributed by atoms with E-state index in [0.29, 0.717) is 45.0 Å². The molecule has 0 radical (unpaired) electrons. The summed E-state index contributed by atoms with van der Waals surface area (Å²) in [5.74, 6) is 1.27. The van der Waals surface area contributed by atoms with Crippen molar-refractivity contribution in [1.82, 2.24) is 4.98 Å². The van der Waals surface area contributed by atoms with Crippen LogP contribution in [0.5, 0.6) is 5.75 Å². The van der Waals surface area contributed by atoms with Crippen LogP contribution in [0.15, 0.2) is 65.1 Å². The van der Waals surface area contributed by atoms with Gasteiger partial charge in [-0.25, -0.2) is 4.98 Å². The second-order valence-electron chi connectivity index (χ2n) is 7.28. The molecule has 30 heavy (non-hydrogen) atoms. The van der Waals surface area contributed by atoms with Crippen LogP contribution in [-0.2, 0) is 0 Å². The minimum Gasteiger partial charge on any atom is -0.497 e. The van der Waals surface area contributed by atoms with Crippen molar-refractivity contribution in [1.29, 1.82) is 0 Å². The molecule has 4 aromatic rings. The van der Waals surface area contributed by atoms with Crippen molar-refractivity contribution >= 4 is 34.3 Å². The van der Waals surface area contributed by atoms with Gasteiger partial charge in [0.1, 0.15) is 11.3 Å². The second-order valence-corrected chi connectivity index (χ2v) is 7.69. The van der Waals surface area contributed by atoms with Crippen LogP contribution in [0.3, 0.4) is 0 Å². The predicted octanol–water partition coefficient (Wildman–Crippen LogP) is 6.53. The number of carbonyl (C=O) groups excluding carboxylic acids is 1. The molecule has 0 saturated heterocycles. The summed E-state index contributed by atoms with van der Waals surface area (Å²) in [7, 11) is 1.58. The number of nitrogens with one attached hydrogen (secondary N) is 1. The van der Waals surface area contributed by atoms with Crippen molar-refractivity contribution in [3.05, 3.63) is 76.8 Å². The van der Waals surface area contributed by atoms with Crippen molar-refractivity contribution in [3.63, 3.8) is 0 Å². The highest BCUT2D eigenvalue weighted by atomic mass is 35.5. The Morgan fingerprint density at radius 1 is 1.07 bits per heavy atom. The first-order chi connectivity index (χ1) is 14.4. The molecule has 0 spiro atoms. The highest BCUT2D eigenvalue weighted by Gasteiger charge is 2.15. The standard InChI is InChI=1S/C24H21ClN2O3/c1-14(2)16-6-11-22-21(12-16)27-24(30-22)19-13-17(7-10-20(19)25)26-23(28)15-4-8-18(29-3)9-5-15/h4-14H,1-3H3,(H,26,28). The van der Waals surface area contributed by atoms with Gasteiger partial charge >= 0.3 is 0 Å². The number of oxazole rings is 1. The van der Waals surface area contributed by atoms with Crippen LogP contribution >= 0.6 is 11.6 Å². The minimum absolute atomic E-state index is 0.231. The molecule has 5 nitrogen and oxygen atoms in total. The summed E-state index contributed by atoms with van der Waals surface area (Å²) in [6.07, 6.45) is 0. The van der Waals surface area contributed by atoms with Crippen molar-refractivity contribution in [2.75, 3.05) is 12.4 Å². The zero-order valence-corrected chi connectivity index (χ0v) is 17.7. The molecule has 6 heteroatoms. The molecule has 1 heterocycles. The van der Waals surface area contributed by atoms with Crippen molar-refractivity contribution < 1.29 is 13.9 Å². The Kier molecular flexibility index (Phi) is 5.46. The zero-order valence-electron chi connectivity index (χ0n) is 16.9. The number of anilines is 1. The van der Waals surface area contributed by atoms with Gasteiger partial charge in [0.2, 0.25) is 5.89 Å². The Morgan fingerprint density at radius 3 is 2.53 bits per heavy atom. The van der Waals surface area contributed by atoms with Gasteiger partial charge in [0.15, 0.2) is 5.58 Å². The van der Waals surface area contributed by atoms with Gasteiger partial charge in [-0.15, -0.1) is 0 Å². The van der Waals surface area contributed by atoms with E-state index in [1.165, 1.54) is 5.56 Å². The van der Waals surface area contributed by atoms with Gasteiger partial charge in [0.05, 0.1) is 17.7 Å². The number of carbonyl (C=O) groups is 1. The summed E-state index contributed by atoms with van der Waals surface area (Å²) in [6.45, 7) is 4.27. The summed E-state index contributed by atoms with van der Waals surface area (Å²) in [4.78, 5) is 17.2. The summed E-state index contributed by atoms with van der Waals surface area (Å²) in [5.41, 5.74) is 4.40.